The van der Waals surface area contributed by atoms with Crippen LogP contribution in [0, 0.1) is 34.0 Å². The van der Waals surface area contributed by atoms with Gasteiger partial charge >= 0.3 is 6.17 Å². The van der Waals surface area contributed by atoms with Crippen LogP contribution < -0.4 is 10.7 Å². The zero-order valence-electron chi connectivity index (χ0n) is 42.5. The molecule has 5 atom stereocenters. The molecule has 3 fully saturated rings. The van der Waals surface area contributed by atoms with Crippen LogP contribution in [-0.4, -0.2) is 141 Å². The number of hydrogen-bond donors (Lipinski definition) is 3. The third kappa shape index (κ3) is 11.1. The largest absolute Gasteiger partial charge is 0.508 e. The van der Waals surface area contributed by atoms with Crippen molar-refractivity contribution < 1.29 is 38.8 Å². The third-order valence-electron chi connectivity index (χ3n) is 14.6. The van der Waals surface area contributed by atoms with Crippen LogP contribution in [0.4, 0.5) is 0 Å². The summed E-state index contributed by atoms with van der Waals surface area (Å²) in [6, 6.07) is 13.3. The number of aromatic nitrogens is 2. The first kappa shape index (κ1) is 51.0. The highest BCUT2D eigenvalue weighted by molar-refractivity contribution is 5.97. The first-order valence-corrected chi connectivity index (χ1v) is 25.1. The van der Waals surface area contributed by atoms with E-state index in [1.807, 2.05) is 39.1 Å². The lowest BCUT2D eigenvalue weighted by Gasteiger charge is -2.35. The topological polar surface area (TPSA) is 182 Å². The summed E-state index contributed by atoms with van der Waals surface area (Å²) in [4.78, 5) is 87.1. The van der Waals surface area contributed by atoms with Crippen LogP contribution in [0.1, 0.15) is 83.5 Å². The maximum atomic E-state index is 14.8. The number of methoxy groups -OCH3 is 1. The van der Waals surface area contributed by atoms with Gasteiger partial charge in [-0.1, -0.05) is 45.7 Å². The number of pyridine rings is 1. The number of benzene rings is 2. The van der Waals surface area contributed by atoms with Crippen LogP contribution >= 0.6 is 0 Å². The Hall–Kier alpha value is -6.35. The van der Waals surface area contributed by atoms with Crippen molar-refractivity contribution in [3.63, 3.8) is 0 Å². The second-order valence-corrected chi connectivity index (χ2v) is 20.8. The predicted molar refractivity (Wildman–Crippen MR) is 269 cm³/mol. The van der Waals surface area contributed by atoms with E-state index in [2.05, 4.69) is 71.0 Å². The number of likely N-dealkylation sites (N-methyl/N-ethyl adjacent to an activating group) is 1. The Morgan fingerprint density at radius 1 is 1.07 bits per heavy atom. The third-order valence-corrected chi connectivity index (χ3v) is 14.6. The fourth-order valence-electron chi connectivity index (χ4n) is 10.9. The van der Waals surface area contributed by atoms with Gasteiger partial charge in [-0.25, -0.2) is 4.84 Å². The molecule has 2 aromatic heterocycles. The van der Waals surface area contributed by atoms with Crippen LogP contribution in [0.3, 0.4) is 0 Å². The van der Waals surface area contributed by atoms with Gasteiger partial charge in [0.15, 0.2) is 6.61 Å². The van der Waals surface area contributed by atoms with Gasteiger partial charge in [-0.05, 0) is 123 Å². The van der Waals surface area contributed by atoms with E-state index in [9.17, 15) is 29.2 Å². The molecule has 378 valence electrons. The minimum absolute atomic E-state index is 0.0149. The predicted octanol–water partition coefficient (Wildman–Crippen LogP) is 5.44. The number of amides is 4. The lowest BCUT2D eigenvalue weighted by atomic mass is 9.84. The summed E-state index contributed by atoms with van der Waals surface area (Å²) in [5, 5.41) is 16.7. The molecule has 17 heteroatoms. The van der Waals surface area contributed by atoms with Gasteiger partial charge in [-0.15, -0.1) is 0 Å². The Balaban J connectivity index is 1.13. The number of carbonyl (C=O) groups excluding carboxylic acids is 4. The van der Waals surface area contributed by atoms with Crippen LogP contribution in [0.2, 0.25) is 0 Å². The average molecular weight is 973 g/mol. The minimum Gasteiger partial charge on any atom is -0.508 e. The molecule has 4 amide bonds. The molecule has 3 N–H and O–H groups in total. The van der Waals surface area contributed by atoms with E-state index in [4.69, 9.17) is 14.6 Å². The number of carbonyl (C=O) groups is 4. The number of ether oxygens (including phenoxy) is 1. The number of nitrogens with one attached hydrogen (secondary N) is 2. The molecule has 6 heterocycles. The number of fused-ring (bicyclic) bond motifs is 6. The molecule has 0 aliphatic carbocycles. The molecular formula is C54H70N9O8+. The van der Waals surface area contributed by atoms with Crippen molar-refractivity contribution in [2.45, 2.75) is 117 Å². The van der Waals surface area contributed by atoms with Crippen molar-refractivity contribution in [1.29, 1.82) is 0 Å². The Kier molecular flexibility index (Phi) is 15.5. The van der Waals surface area contributed by atoms with Crippen LogP contribution in [0.25, 0.3) is 33.3 Å². The fraction of sp³-hybridized carbons (Fsp3) is 0.537. The first-order valence-electron chi connectivity index (χ1n) is 25.1. The van der Waals surface area contributed by atoms with Crippen molar-refractivity contribution in [1.82, 2.24) is 40.0 Å². The summed E-state index contributed by atoms with van der Waals surface area (Å²) in [5.41, 5.74) is 9.45. The quantitative estimate of drug-likeness (QED) is 0.182. The van der Waals surface area contributed by atoms with E-state index in [0.29, 0.717) is 61.4 Å². The number of phenolic OH excluding ortho intramolecular Hbond substituents is 1. The first-order chi connectivity index (χ1) is 34.0. The highest BCUT2D eigenvalue weighted by atomic mass is 16.8. The van der Waals surface area contributed by atoms with Crippen LogP contribution in [-0.2, 0) is 54.7 Å². The van der Waals surface area contributed by atoms with E-state index in [0.717, 1.165) is 58.4 Å². The molecule has 17 nitrogen and oxygen atoms in total. The van der Waals surface area contributed by atoms with Crippen molar-refractivity contribution in [2.24, 2.45) is 17.3 Å². The molecule has 0 radical (unpaired) electrons. The molecule has 4 aromatic rings. The number of aromatic hydroxyl groups is 1. The van der Waals surface area contributed by atoms with Crippen LogP contribution in [0.15, 0.2) is 54.7 Å². The molecule has 2 aromatic carbocycles. The van der Waals surface area contributed by atoms with Gasteiger partial charge in [0, 0.05) is 81.3 Å². The maximum Gasteiger partial charge on any atom is 0.326 e. The van der Waals surface area contributed by atoms with Gasteiger partial charge in [0.1, 0.15) is 17.8 Å². The van der Waals surface area contributed by atoms with Crippen molar-refractivity contribution >= 4 is 34.5 Å². The summed E-state index contributed by atoms with van der Waals surface area (Å²) in [6.07, 6.45) is 4.65. The van der Waals surface area contributed by atoms with E-state index in [1.54, 1.807) is 37.4 Å². The standard InChI is InChI=1S/C54H69N9O8/c1-9-61-46-18-16-36-29-42(46)43(50(61)41-14-10-21-55-45(41)32-70-8)30-54(4,5)33-71-63(69)47-15-12-23-62(57-47)53(68)44(27-35-25-38(36)28-40(64)26-35)56-51(66)49(34(2)3)59(7)52(67)37-20-24-60(31-37)48(65)19-17-39-13-11-22-58(39)6/h10,14,16,18,21,25-26,28-29,34,37,39,44,47,49,57H,9,11-13,15,20,22-24,27,30-33H2,1-8H3,(H-,56,64,66)/p+1/t37-,39+,44-,47+,49-/m0/s1. The number of hydrogen-bond acceptors (Lipinski definition) is 11. The van der Waals surface area contributed by atoms with Gasteiger partial charge in [0.25, 0.3) is 11.8 Å². The summed E-state index contributed by atoms with van der Waals surface area (Å²) in [5.74, 6) is 3.40. The number of rotatable bonds is 9. The summed E-state index contributed by atoms with van der Waals surface area (Å²) in [7, 11) is 5.25. The average Bonchev–Trinajstić information content (AvgIpc) is 4.09. The van der Waals surface area contributed by atoms with E-state index in [1.165, 1.54) is 9.91 Å². The van der Waals surface area contributed by atoms with Crippen LogP contribution in [0.5, 0.6) is 5.75 Å². The summed E-state index contributed by atoms with van der Waals surface area (Å²) < 4.78 is 7.89. The molecule has 3 saturated heterocycles. The molecule has 6 bridgehead atoms. The molecule has 0 unspecified atom stereocenters. The highest BCUT2D eigenvalue weighted by Crippen LogP contribution is 2.41. The smallest absolute Gasteiger partial charge is 0.326 e. The number of likely N-dealkylation sites (tertiary alicyclic amines) is 2. The zero-order chi connectivity index (χ0) is 50.7. The lowest BCUT2D eigenvalue weighted by Crippen LogP contribution is -2.62. The van der Waals surface area contributed by atoms with E-state index in [-0.39, 0.29) is 55.6 Å². The fourth-order valence-corrected chi connectivity index (χ4v) is 10.9. The Morgan fingerprint density at radius 3 is 2.59 bits per heavy atom. The Morgan fingerprint density at radius 2 is 1.86 bits per heavy atom. The van der Waals surface area contributed by atoms with Gasteiger partial charge < -0.3 is 29.5 Å². The normalized spacial score (nSPS) is 22.2. The number of nitrogens with zero attached hydrogens (tertiary/aromatic N) is 7. The highest BCUT2D eigenvalue weighted by Gasteiger charge is 2.42. The van der Waals surface area contributed by atoms with Gasteiger partial charge in [-0.2, -0.15) is 5.43 Å². The summed E-state index contributed by atoms with van der Waals surface area (Å²) in [6.45, 7) is 12.8. The van der Waals surface area contributed by atoms with Gasteiger partial charge in [0.2, 0.25) is 16.7 Å². The van der Waals surface area contributed by atoms with E-state index >= 15 is 0 Å². The maximum absolute atomic E-state index is 14.8. The number of hydrazine groups is 1. The SMILES string of the molecule is CCn1c(-c2cccnc2COC)c2c3cc(ccc31)-c1cc(O)cc(c1)C[C@H](NC(=O)[C@H](C(C)C)N(C)C(=O)[C@H]1CCN(C(=O)C#C[C@H]3CCCN3C)C1)C(=O)N1CCC[C@H](N1)[N+](=O)OCC(C)(C)C2. The Bertz CT molecular complexity index is 2740. The zero-order valence-corrected chi connectivity index (χ0v) is 42.5. The second-order valence-electron chi connectivity index (χ2n) is 20.8. The van der Waals surface area contributed by atoms with Crippen molar-refractivity contribution in [3.8, 4) is 40.0 Å². The lowest BCUT2D eigenvalue weighted by molar-refractivity contribution is -0.835. The number of phenols is 1. The molecule has 0 saturated carbocycles. The Labute approximate surface area is 416 Å². The van der Waals surface area contributed by atoms with E-state index < -0.39 is 41.4 Å². The second kappa shape index (κ2) is 21.6. The monoisotopic (exact) mass is 973 g/mol. The molecule has 8 rings (SSSR count). The van der Waals surface area contributed by atoms with Gasteiger partial charge in [0.05, 0.1) is 34.9 Å². The van der Waals surface area contributed by atoms with Gasteiger partial charge in [-0.3, -0.25) is 34.1 Å². The molecule has 4 aliphatic rings. The molecular weight excluding hydrogens is 903 g/mol. The minimum atomic E-state index is -1.18. The van der Waals surface area contributed by atoms with Crippen molar-refractivity contribution in [2.75, 3.05) is 54.0 Å². The summed E-state index contributed by atoms with van der Waals surface area (Å²) >= 11 is 0. The van der Waals surface area contributed by atoms with Crippen molar-refractivity contribution in [3.05, 3.63) is 76.5 Å². The number of aryl methyl sites for hydroxylation is 1. The molecule has 0 spiro atoms. The molecule has 4 aliphatic heterocycles. The molecule has 71 heavy (non-hydrogen) atoms.